The van der Waals surface area contributed by atoms with E-state index in [-0.39, 0.29) is 5.91 Å². The minimum absolute atomic E-state index is 0.308. The molecule has 0 aliphatic heterocycles. The number of aromatic nitrogens is 1. The highest BCUT2D eigenvalue weighted by molar-refractivity contribution is 9.10. The predicted molar refractivity (Wildman–Crippen MR) is 77.0 cm³/mol. The van der Waals surface area contributed by atoms with Gasteiger partial charge in [0.15, 0.2) is 0 Å². The van der Waals surface area contributed by atoms with Gasteiger partial charge in [-0.25, -0.2) is 4.98 Å². The maximum atomic E-state index is 12.1. The molecule has 0 spiro atoms. The number of para-hydroxylation sites is 1. The van der Waals surface area contributed by atoms with E-state index in [1.807, 2.05) is 6.07 Å². The first kappa shape index (κ1) is 13.7. The van der Waals surface area contributed by atoms with Gasteiger partial charge in [-0.3, -0.25) is 4.79 Å². The van der Waals surface area contributed by atoms with Crippen LogP contribution in [-0.4, -0.2) is 16.0 Å². The summed E-state index contributed by atoms with van der Waals surface area (Å²) in [6.07, 6.45) is 0.906. The van der Waals surface area contributed by atoms with Crippen molar-refractivity contribution in [3.05, 3.63) is 58.3 Å². The number of nitrogens with one attached hydrogen (secondary N) is 1. The second-order valence-corrected chi connectivity index (χ2v) is 4.91. The third kappa shape index (κ3) is 3.19. The van der Waals surface area contributed by atoms with E-state index in [0.717, 1.165) is 0 Å². The van der Waals surface area contributed by atoms with Crippen molar-refractivity contribution in [2.24, 2.45) is 0 Å². The van der Waals surface area contributed by atoms with E-state index in [2.05, 4.69) is 26.2 Å². The summed E-state index contributed by atoms with van der Waals surface area (Å²) in [4.78, 5) is 16.2. The lowest BCUT2D eigenvalue weighted by Gasteiger charge is -2.13. The minimum Gasteiger partial charge on any atom is -0.389 e. The molecule has 4 nitrogen and oxygen atoms in total. The van der Waals surface area contributed by atoms with E-state index >= 15 is 0 Å². The Kier molecular flexibility index (Phi) is 4.29. The molecule has 19 heavy (non-hydrogen) atoms. The lowest BCUT2D eigenvalue weighted by Crippen LogP contribution is -2.15. The molecule has 0 radical (unpaired) electrons. The highest BCUT2D eigenvalue weighted by Crippen LogP contribution is 2.23. The van der Waals surface area contributed by atoms with E-state index in [9.17, 15) is 9.90 Å². The number of pyridine rings is 1. The summed E-state index contributed by atoms with van der Waals surface area (Å²) in [7, 11) is 0. The Labute approximate surface area is 119 Å². The molecule has 0 bridgehead atoms. The molecule has 1 unspecified atom stereocenters. The Bertz CT molecular complexity index is 600. The quantitative estimate of drug-likeness (QED) is 0.913. The van der Waals surface area contributed by atoms with Crippen LogP contribution in [0.25, 0.3) is 0 Å². The zero-order valence-electron chi connectivity index (χ0n) is 10.3. The van der Waals surface area contributed by atoms with E-state index in [0.29, 0.717) is 21.4 Å². The third-order valence-electron chi connectivity index (χ3n) is 2.63. The van der Waals surface area contributed by atoms with Crippen LogP contribution in [0.4, 0.5) is 5.69 Å². The fourth-order valence-electron chi connectivity index (χ4n) is 1.71. The molecule has 2 rings (SSSR count). The number of carbonyl (C=O) groups is 1. The number of benzene rings is 1. The molecule has 1 aromatic heterocycles. The maximum Gasteiger partial charge on any atom is 0.275 e. The lowest BCUT2D eigenvalue weighted by molar-refractivity contribution is 0.102. The van der Waals surface area contributed by atoms with Gasteiger partial charge in [-0.05, 0) is 41.1 Å². The number of aliphatic hydroxyl groups excluding tert-OH is 1. The van der Waals surface area contributed by atoms with Gasteiger partial charge < -0.3 is 10.4 Å². The number of nitrogens with zero attached hydrogens (tertiary/aromatic N) is 1. The molecule has 1 heterocycles. The van der Waals surface area contributed by atoms with E-state index in [1.54, 1.807) is 43.5 Å². The van der Waals surface area contributed by atoms with Crippen molar-refractivity contribution in [3.8, 4) is 0 Å². The highest BCUT2D eigenvalue weighted by Gasteiger charge is 2.14. The minimum atomic E-state index is -0.649. The normalized spacial score (nSPS) is 11.9. The van der Waals surface area contributed by atoms with Gasteiger partial charge in [0.05, 0.1) is 6.10 Å². The molecule has 1 amide bonds. The molecule has 0 saturated carbocycles. The van der Waals surface area contributed by atoms with Crippen LogP contribution in [0.5, 0.6) is 0 Å². The van der Waals surface area contributed by atoms with Gasteiger partial charge in [0.25, 0.3) is 5.91 Å². The molecule has 0 fully saturated rings. The fraction of sp³-hybridized carbons (Fsp3) is 0.143. The molecule has 2 N–H and O–H groups in total. The standard InChI is InChI=1S/C14H13BrN2O2/c1-9(18)10-5-2-3-7-12(10)17-14(19)13-11(15)6-4-8-16-13/h2-9,18H,1H3,(H,17,19). The van der Waals surface area contributed by atoms with Gasteiger partial charge >= 0.3 is 0 Å². The predicted octanol–water partition coefficient (Wildman–Crippen LogP) is 3.15. The van der Waals surface area contributed by atoms with Crippen molar-refractivity contribution >= 4 is 27.5 Å². The SMILES string of the molecule is CC(O)c1ccccc1NC(=O)c1ncccc1Br. The van der Waals surface area contributed by atoms with Crippen molar-refractivity contribution in [1.29, 1.82) is 0 Å². The fourth-order valence-corrected chi connectivity index (χ4v) is 2.14. The average molecular weight is 321 g/mol. The lowest BCUT2D eigenvalue weighted by atomic mass is 10.1. The number of hydrogen-bond donors (Lipinski definition) is 2. The van der Waals surface area contributed by atoms with Crippen LogP contribution < -0.4 is 5.32 Å². The van der Waals surface area contributed by atoms with Crippen molar-refractivity contribution in [2.75, 3.05) is 5.32 Å². The zero-order chi connectivity index (χ0) is 13.8. The zero-order valence-corrected chi connectivity index (χ0v) is 11.9. The molecule has 1 atom stereocenters. The summed E-state index contributed by atoms with van der Waals surface area (Å²) in [5.74, 6) is -0.319. The highest BCUT2D eigenvalue weighted by atomic mass is 79.9. The van der Waals surface area contributed by atoms with Crippen LogP contribution in [0, 0.1) is 0 Å². The number of anilines is 1. The number of rotatable bonds is 3. The molecule has 2 aromatic rings. The summed E-state index contributed by atoms with van der Waals surface area (Å²) in [6.45, 7) is 1.65. The largest absolute Gasteiger partial charge is 0.389 e. The molecular weight excluding hydrogens is 308 g/mol. The van der Waals surface area contributed by atoms with Gasteiger partial charge in [0, 0.05) is 21.9 Å². The molecule has 0 aliphatic rings. The Balaban J connectivity index is 2.27. The Hall–Kier alpha value is -1.72. The third-order valence-corrected chi connectivity index (χ3v) is 3.27. The number of amides is 1. The van der Waals surface area contributed by atoms with Crippen LogP contribution in [0.15, 0.2) is 47.1 Å². The average Bonchev–Trinajstić information content (AvgIpc) is 2.39. The number of halogens is 1. The Morgan fingerprint density at radius 2 is 2.05 bits per heavy atom. The summed E-state index contributed by atoms with van der Waals surface area (Å²) < 4.78 is 0.627. The molecular formula is C14H13BrN2O2. The summed E-state index contributed by atoms with van der Waals surface area (Å²) >= 11 is 3.28. The second-order valence-electron chi connectivity index (χ2n) is 4.05. The van der Waals surface area contributed by atoms with Gasteiger partial charge in [-0.1, -0.05) is 18.2 Å². The molecule has 0 aliphatic carbocycles. The monoisotopic (exact) mass is 320 g/mol. The first-order valence-corrected chi connectivity index (χ1v) is 6.57. The van der Waals surface area contributed by atoms with Gasteiger partial charge in [0.2, 0.25) is 0 Å². The Morgan fingerprint density at radius 3 is 2.74 bits per heavy atom. The van der Waals surface area contributed by atoms with Gasteiger partial charge in [-0.15, -0.1) is 0 Å². The van der Waals surface area contributed by atoms with Crippen LogP contribution in [0.2, 0.25) is 0 Å². The first-order chi connectivity index (χ1) is 9.09. The molecule has 1 aromatic carbocycles. The smallest absolute Gasteiger partial charge is 0.275 e. The van der Waals surface area contributed by atoms with Crippen molar-refractivity contribution in [3.63, 3.8) is 0 Å². The Morgan fingerprint density at radius 1 is 1.32 bits per heavy atom. The van der Waals surface area contributed by atoms with Crippen LogP contribution >= 0.6 is 15.9 Å². The topological polar surface area (TPSA) is 62.2 Å². The molecule has 5 heteroatoms. The van der Waals surface area contributed by atoms with E-state index < -0.39 is 6.10 Å². The maximum absolute atomic E-state index is 12.1. The molecule has 0 saturated heterocycles. The van der Waals surface area contributed by atoms with Gasteiger partial charge in [-0.2, -0.15) is 0 Å². The van der Waals surface area contributed by atoms with Crippen molar-refractivity contribution < 1.29 is 9.90 Å². The summed E-state index contributed by atoms with van der Waals surface area (Å²) in [5, 5.41) is 12.4. The number of hydrogen-bond acceptors (Lipinski definition) is 3. The van der Waals surface area contributed by atoms with E-state index in [1.165, 1.54) is 0 Å². The number of aliphatic hydroxyl groups is 1. The summed E-state index contributed by atoms with van der Waals surface area (Å²) in [6, 6.07) is 10.6. The van der Waals surface area contributed by atoms with E-state index in [4.69, 9.17) is 0 Å². The second kappa shape index (κ2) is 5.95. The van der Waals surface area contributed by atoms with Crippen LogP contribution in [0.3, 0.4) is 0 Å². The van der Waals surface area contributed by atoms with Crippen molar-refractivity contribution in [2.45, 2.75) is 13.0 Å². The van der Waals surface area contributed by atoms with Crippen LogP contribution in [0.1, 0.15) is 29.1 Å². The van der Waals surface area contributed by atoms with Crippen LogP contribution in [-0.2, 0) is 0 Å². The molecule has 98 valence electrons. The number of carbonyl (C=O) groups excluding carboxylic acids is 1. The summed E-state index contributed by atoms with van der Waals surface area (Å²) in [5.41, 5.74) is 1.56. The van der Waals surface area contributed by atoms with Crippen molar-refractivity contribution in [1.82, 2.24) is 4.98 Å². The first-order valence-electron chi connectivity index (χ1n) is 5.78. The van der Waals surface area contributed by atoms with Gasteiger partial charge in [0.1, 0.15) is 5.69 Å².